The number of piperazine rings is 1. The Morgan fingerprint density at radius 1 is 1.03 bits per heavy atom. The molecule has 3 rings (SSSR count). The van der Waals surface area contributed by atoms with Crippen molar-refractivity contribution in [3.8, 4) is 5.75 Å². The first-order valence-electron chi connectivity index (χ1n) is 10.6. The molecule has 2 amide bonds. The van der Waals surface area contributed by atoms with Crippen LogP contribution < -0.4 is 10.1 Å². The number of ether oxygens (including phenoxy) is 1. The molecular weight excluding hydrogens is 414 g/mol. The van der Waals surface area contributed by atoms with Gasteiger partial charge in [0.15, 0.2) is 5.60 Å². The summed E-state index contributed by atoms with van der Waals surface area (Å²) in [5.41, 5.74) is 0.996. The molecule has 1 saturated heterocycles. The van der Waals surface area contributed by atoms with Gasteiger partial charge in [0.05, 0.1) is 6.54 Å². The van der Waals surface area contributed by atoms with Crippen molar-refractivity contribution in [2.45, 2.75) is 32.8 Å². The molecule has 0 aromatic heterocycles. The zero-order valence-electron chi connectivity index (χ0n) is 18.4. The standard InChI is InChI=1S/C24H30ClN3O3/c1-4-18-7-5-6-8-21(18)26-22(29)17-27-13-15-28(16-14-27)23(30)24(2,3)31-20-11-9-19(25)10-12-20/h5-12H,4,13-17H2,1-3H3,(H,26,29). The van der Waals surface area contributed by atoms with E-state index in [1.54, 1.807) is 43.0 Å². The van der Waals surface area contributed by atoms with E-state index in [4.69, 9.17) is 16.3 Å². The number of hydrogen-bond donors (Lipinski definition) is 1. The Morgan fingerprint density at radius 3 is 2.32 bits per heavy atom. The summed E-state index contributed by atoms with van der Waals surface area (Å²) < 4.78 is 5.92. The number of halogens is 1. The van der Waals surface area contributed by atoms with Crippen molar-refractivity contribution in [3.05, 3.63) is 59.1 Å². The molecule has 1 fully saturated rings. The van der Waals surface area contributed by atoms with E-state index in [0.29, 0.717) is 43.5 Å². The topological polar surface area (TPSA) is 61.9 Å². The fraction of sp³-hybridized carbons (Fsp3) is 0.417. The van der Waals surface area contributed by atoms with Gasteiger partial charge in [-0.2, -0.15) is 0 Å². The Bertz CT molecular complexity index is 907. The number of benzene rings is 2. The highest BCUT2D eigenvalue weighted by molar-refractivity contribution is 6.30. The van der Waals surface area contributed by atoms with Crippen molar-refractivity contribution in [1.82, 2.24) is 9.80 Å². The number of anilines is 1. The average molecular weight is 444 g/mol. The van der Waals surface area contributed by atoms with Gasteiger partial charge in [-0.15, -0.1) is 0 Å². The first-order valence-corrected chi connectivity index (χ1v) is 11.0. The van der Waals surface area contributed by atoms with Crippen molar-refractivity contribution in [1.29, 1.82) is 0 Å². The Morgan fingerprint density at radius 2 is 1.68 bits per heavy atom. The summed E-state index contributed by atoms with van der Waals surface area (Å²) in [4.78, 5) is 29.4. The van der Waals surface area contributed by atoms with Gasteiger partial charge < -0.3 is 15.0 Å². The molecule has 0 aliphatic carbocycles. The number of para-hydroxylation sites is 1. The predicted octanol–water partition coefficient (Wildman–Crippen LogP) is 3.84. The summed E-state index contributed by atoms with van der Waals surface area (Å²) in [5, 5.41) is 3.63. The number of hydrogen-bond acceptors (Lipinski definition) is 4. The zero-order chi connectivity index (χ0) is 22.4. The fourth-order valence-corrected chi connectivity index (χ4v) is 3.80. The second-order valence-electron chi connectivity index (χ2n) is 8.19. The minimum Gasteiger partial charge on any atom is -0.478 e. The van der Waals surface area contributed by atoms with Crippen LogP contribution in [0.15, 0.2) is 48.5 Å². The molecule has 0 unspecified atom stereocenters. The normalized spacial score (nSPS) is 14.9. The van der Waals surface area contributed by atoms with Gasteiger partial charge in [-0.25, -0.2) is 0 Å². The highest BCUT2D eigenvalue weighted by Crippen LogP contribution is 2.23. The van der Waals surface area contributed by atoms with Crippen molar-refractivity contribution >= 4 is 29.1 Å². The van der Waals surface area contributed by atoms with Crippen LogP contribution >= 0.6 is 11.6 Å². The number of carbonyl (C=O) groups is 2. The van der Waals surface area contributed by atoms with Gasteiger partial charge in [-0.05, 0) is 56.2 Å². The average Bonchev–Trinajstić information content (AvgIpc) is 2.75. The third-order valence-electron chi connectivity index (χ3n) is 5.40. The van der Waals surface area contributed by atoms with Crippen LogP contribution in [0.25, 0.3) is 0 Å². The Labute approximate surface area is 189 Å². The summed E-state index contributed by atoms with van der Waals surface area (Å²) in [6, 6.07) is 14.8. The van der Waals surface area contributed by atoms with E-state index in [9.17, 15) is 9.59 Å². The van der Waals surface area contributed by atoms with E-state index in [1.807, 2.05) is 24.3 Å². The first-order chi connectivity index (χ1) is 14.8. The van der Waals surface area contributed by atoms with Crippen molar-refractivity contribution < 1.29 is 14.3 Å². The Hall–Kier alpha value is -2.57. The molecule has 0 atom stereocenters. The number of amides is 2. The molecule has 7 heteroatoms. The SMILES string of the molecule is CCc1ccccc1NC(=O)CN1CCN(C(=O)C(C)(C)Oc2ccc(Cl)cc2)CC1. The number of rotatable bonds is 7. The van der Waals surface area contributed by atoms with Gasteiger partial charge >= 0.3 is 0 Å². The number of nitrogens with zero attached hydrogens (tertiary/aromatic N) is 2. The maximum Gasteiger partial charge on any atom is 0.266 e. The van der Waals surface area contributed by atoms with E-state index in [0.717, 1.165) is 17.7 Å². The Kier molecular flexibility index (Phi) is 7.57. The summed E-state index contributed by atoms with van der Waals surface area (Å²) in [6.07, 6.45) is 0.866. The molecule has 31 heavy (non-hydrogen) atoms. The molecule has 2 aromatic rings. The second kappa shape index (κ2) is 10.2. The lowest BCUT2D eigenvalue weighted by atomic mass is 10.1. The first kappa shape index (κ1) is 23.1. The lowest BCUT2D eigenvalue weighted by Crippen LogP contribution is -2.56. The third-order valence-corrected chi connectivity index (χ3v) is 5.65. The molecule has 2 aromatic carbocycles. The van der Waals surface area contributed by atoms with E-state index >= 15 is 0 Å². The number of nitrogens with one attached hydrogen (secondary N) is 1. The van der Waals surface area contributed by atoms with E-state index in [1.165, 1.54) is 0 Å². The highest BCUT2D eigenvalue weighted by Gasteiger charge is 2.35. The Balaban J connectivity index is 1.49. The molecule has 0 saturated carbocycles. The largest absolute Gasteiger partial charge is 0.478 e. The molecule has 0 spiro atoms. The lowest BCUT2D eigenvalue weighted by Gasteiger charge is -2.38. The minimum absolute atomic E-state index is 0.0351. The highest BCUT2D eigenvalue weighted by atomic mass is 35.5. The smallest absolute Gasteiger partial charge is 0.266 e. The zero-order valence-corrected chi connectivity index (χ0v) is 19.1. The van der Waals surface area contributed by atoms with E-state index < -0.39 is 5.60 Å². The van der Waals surface area contributed by atoms with Crippen molar-refractivity contribution in [3.63, 3.8) is 0 Å². The van der Waals surface area contributed by atoms with Gasteiger partial charge in [0.2, 0.25) is 5.91 Å². The van der Waals surface area contributed by atoms with Gasteiger partial charge in [0.1, 0.15) is 5.75 Å². The van der Waals surface area contributed by atoms with Crippen LogP contribution in [-0.2, 0) is 16.0 Å². The molecule has 166 valence electrons. The van der Waals surface area contributed by atoms with E-state index in [2.05, 4.69) is 17.1 Å². The molecule has 6 nitrogen and oxygen atoms in total. The van der Waals surface area contributed by atoms with Crippen LogP contribution in [0.5, 0.6) is 5.75 Å². The van der Waals surface area contributed by atoms with Crippen LogP contribution in [0.1, 0.15) is 26.3 Å². The maximum absolute atomic E-state index is 13.0. The van der Waals surface area contributed by atoms with Crippen LogP contribution in [0.3, 0.4) is 0 Å². The van der Waals surface area contributed by atoms with E-state index in [-0.39, 0.29) is 11.8 Å². The van der Waals surface area contributed by atoms with Gasteiger partial charge in [-0.3, -0.25) is 14.5 Å². The molecule has 1 aliphatic heterocycles. The molecule has 0 radical (unpaired) electrons. The predicted molar refractivity (Wildman–Crippen MR) is 124 cm³/mol. The summed E-state index contributed by atoms with van der Waals surface area (Å²) in [6.45, 7) is 8.33. The lowest BCUT2D eigenvalue weighted by molar-refractivity contribution is -0.147. The summed E-state index contributed by atoms with van der Waals surface area (Å²) in [7, 11) is 0. The van der Waals surface area contributed by atoms with Gasteiger partial charge in [0, 0.05) is 36.9 Å². The van der Waals surface area contributed by atoms with Crippen LogP contribution in [0.4, 0.5) is 5.69 Å². The maximum atomic E-state index is 13.0. The van der Waals surface area contributed by atoms with Crippen molar-refractivity contribution in [2.75, 3.05) is 38.0 Å². The quantitative estimate of drug-likeness (QED) is 0.706. The van der Waals surface area contributed by atoms with Gasteiger partial charge in [0.25, 0.3) is 5.91 Å². The number of aryl methyl sites for hydroxylation is 1. The summed E-state index contributed by atoms with van der Waals surface area (Å²) in [5.74, 6) is 0.501. The fourth-order valence-electron chi connectivity index (χ4n) is 3.67. The molecule has 1 aliphatic rings. The van der Waals surface area contributed by atoms with Crippen LogP contribution in [0.2, 0.25) is 5.02 Å². The number of carbonyl (C=O) groups excluding carboxylic acids is 2. The molecule has 1 heterocycles. The monoisotopic (exact) mass is 443 g/mol. The molecule has 0 bridgehead atoms. The third kappa shape index (κ3) is 6.21. The van der Waals surface area contributed by atoms with Gasteiger partial charge in [-0.1, -0.05) is 36.7 Å². The van der Waals surface area contributed by atoms with Crippen LogP contribution in [-0.4, -0.2) is 59.9 Å². The summed E-state index contributed by atoms with van der Waals surface area (Å²) >= 11 is 5.91. The molecule has 1 N–H and O–H groups in total. The second-order valence-corrected chi connectivity index (χ2v) is 8.63. The van der Waals surface area contributed by atoms with Crippen LogP contribution in [0, 0.1) is 0 Å². The minimum atomic E-state index is -0.989. The molecular formula is C24H30ClN3O3. The van der Waals surface area contributed by atoms with Crippen molar-refractivity contribution in [2.24, 2.45) is 0 Å².